The fourth-order valence-electron chi connectivity index (χ4n) is 0.940. The van der Waals surface area contributed by atoms with Gasteiger partial charge in [-0.3, -0.25) is 4.84 Å². The minimum absolute atomic E-state index is 0.103. The summed E-state index contributed by atoms with van der Waals surface area (Å²) in [5.41, 5.74) is 2.30. The number of nitriles is 1. The molecule has 0 fully saturated rings. The fourth-order valence-corrected chi connectivity index (χ4v) is 0.940. The smallest absolute Gasteiger partial charge is 0.428 e. The number of benzene rings is 1. The van der Waals surface area contributed by atoms with Crippen LogP contribution in [0.25, 0.3) is 0 Å². The van der Waals surface area contributed by atoms with Crippen LogP contribution in [0, 0.1) is 11.3 Å². The lowest BCUT2D eigenvalue weighted by atomic mass is 10.2. The lowest BCUT2D eigenvalue weighted by Gasteiger charge is -2.05. The molecule has 6 heteroatoms. The standard InChI is InChI=1S/C10H10N2O4/c11-7-8-1-3-9(4-2-8)15-5-6-16-12-10(13)14/h1-4,12H,5-6H2,(H,13,14). The molecule has 84 valence electrons. The summed E-state index contributed by atoms with van der Waals surface area (Å²) in [4.78, 5) is 14.5. The maximum absolute atomic E-state index is 10.00. The highest BCUT2D eigenvalue weighted by atomic mass is 16.7. The molecule has 0 aliphatic rings. The van der Waals surface area contributed by atoms with Crippen molar-refractivity contribution in [2.24, 2.45) is 0 Å². The first-order chi connectivity index (χ1) is 7.72. The molecular formula is C10H10N2O4. The molecule has 0 spiro atoms. The van der Waals surface area contributed by atoms with Gasteiger partial charge in [-0.25, -0.2) is 4.79 Å². The Labute approximate surface area is 92.0 Å². The molecule has 1 amide bonds. The van der Waals surface area contributed by atoms with Crippen LogP contribution in [0.1, 0.15) is 5.56 Å². The van der Waals surface area contributed by atoms with Crippen molar-refractivity contribution in [1.29, 1.82) is 5.26 Å². The van der Waals surface area contributed by atoms with Gasteiger partial charge in [0.25, 0.3) is 0 Å². The van der Waals surface area contributed by atoms with Crippen LogP contribution >= 0.6 is 0 Å². The van der Waals surface area contributed by atoms with Crippen LogP contribution in [0.3, 0.4) is 0 Å². The van der Waals surface area contributed by atoms with Crippen molar-refractivity contribution < 1.29 is 19.5 Å². The number of hydroxylamine groups is 1. The van der Waals surface area contributed by atoms with Crippen LogP contribution in [0.15, 0.2) is 24.3 Å². The van der Waals surface area contributed by atoms with Crippen LogP contribution in [0.5, 0.6) is 5.75 Å². The highest BCUT2D eigenvalue weighted by Crippen LogP contribution is 2.10. The van der Waals surface area contributed by atoms with Gasteiger partial charge < -0.3 is 9.84 Å². The van der Waals surface area contributed by atoms with Crippen molar-refractivity contribution in [3.63, 3.8) is 0 Å². The Morgan fingerprint density at radius 1 is 1.38 bits per heavy atom. The quantitative estimate of drug-likeness (QED) is 0.575. The molecule has 2 N–H and O–H groups in total. The Balaban J connectivity index is 2.22. The molecule has 0 aliphatic carbocycles. The van der Waals surface area contributed by atoms with Crippen LogP contribution < -0.4 is 10.2 Å². The van der Waals surface area contributed by atoms with Gasteiger partial charge in [0.15, 0.2) is 0 Å². The van der Waals surface area contributed by atoms with E-state index in [0.717, 1.165) is 0 Å². The van der Waals surface area contributed by atoms with Crippen molar-refractivity contribution in [3.8, 4) is 11.8 Å². The first-order valence-corrected chi connectivity index (χ1v) is 4.46. The van der Waals surface area contributed by atoms with E-state index in [1.807, 2.05) is 6.07 Å². The topological polar surface area (TPSA) is 91.6 Å². The molecule has 0 heterocycles. The van der Waals surface area contributed by atoms with E-state index in [4.69, 9.17) is 15.1 Å². The monoisotopic (exact) mass is 222 g/mol. The summed E-state index contributed by atoms with van der Waals surface area (Å²) in [6, 6.07) is 8.56. The maximum atomic E-state index is 10.00. The van der Waals surface area contributed by atoms with Crippen molar-refractivity contribution in [1.82, 2.24) is 5.48 Å². The van der Waals surface area contributed by atoms with Crippen molar-refractivity contribution in [2.75, 3.05) is 13.2 Å². The second kappa shape index (κ2) is 6.27. The summed E-state index contributed by atoms with van der Waals surface area (Å²) in [6.07, 6.45) is -1.25. The Bertz CT molecular complexity index is 383. The molecule has 0 aliphatic heterocycles. The molecule has 0 bridgehead atoms. The number of nitrogens with zero attached hydrogens (tertiary/aromatic N) is 1. The summed E-state index contributed by atoms with van der Waals surface area (Å²) in [5.74, 6) is 0.595. The molecule has 0 unspecified atom stereocenters. The van der Waals surface area contributed by atoms with E-state index < -0.39 is 6.09 Å². The molecule has 1 aromatic rings. The lowest BCUT2D eigenvalue weighted by Crippen LogP contribution is -2.23. The summed E-state index contributed by atoms with van der Waals surface area (Å²) in [6.45, 7) is 0.318. The fraction of sp³-hybridized carbons (Fsp3) is 0.200. The van der Waals surface area contributed by atoms with Gasteiger partial charge >= 0.3 is 6.09 Å². The number of amides is 1. The lowest BCUT2D eigenvalue weighted by molar-refractivity contribution is 0.0264. The first-order valence-electron chi connectivity index (χ1n) is 4.46. The molecular weight excluding hydrogens is 212 g/mol. The predicted octanol–water partition coefficient (Wildman–Crippen LogP) is 1.14. The van der Waals surface area contributed by atoms with Gasteiger partial charge in [0.05, 0.1) is 11.6 Å². The zero-order chi connectivity index (χ0) is 11.8. The van der Waals surface area contributed by atoms with Crippen LogP contribution in [-0.2, 0) is 4.84 Å². The Kier molecular flexibility index (Phi) is 4.63. The zero-order valence-corrected chi connectivity index (χ0v) is 8.34. The SMILES string of the molecule is N#Cc1ccc(OCCONC(=O)O)cc1. The van der Waals surface area contributed by atoms with E-state index in [-0.39, 0.29) is 13.2 Å². The third-order valence-corrected chi connectivity index (χ3v) is 1.60. The number of hydrogen-bond acceptors (Lipinski definition) is 4. The van der Waals surface area contributed by atoms with E-state index in [2.05, 4.69) is 4.84 Å². The predicted molar refractivity (Wildman–Crippen MR) is 53.8 cm³/mol. The minimum Gasteiger partial charge on any atom is -0.491 e. The Morgan fingerprint density at radius 2 is 2.06 bits per heavy atom. The van der Waals surface area contributed by atoms with Crippen LogP contribution in [0.2, 0.25) is 0 Å². The summed E-state index contributed by atoms with van der Waals surface area (Å²) >= 11 is 0. The summed E-state index contributed by atoms with van der Waals surface area (Å²) in [5, 5.41) is 16.7. The average Bonchev–Trinajstić information content (AvgIpc) is 2.29. The maximum Gasteiger partial charge on any atom is 0.428 e. The molecule has 0 atom stereocenters. The largest absolute Gasteiger partial charge is 0.491 e. The van der Waals surface area contributed by atoms with Crippen molar-refractivity contribution in [3.05, 3.63) is 29.8 Å². The number of ether oxygens (including phenoxy) is 1. The van der Waals surface area contributed by atoms with Crippen LogP contribution in [0.4, 0.5) is 4.79 Å². The van der Waals surface area contributed by atoms with E-state index in [1.54, 1.807) is 29.7 Å². The number of carbonyl (C=O) groups is 1. The van der Waals surface area contributed by atoms with Gasteiger partial charge in [-0.05, 0) is 24.3 Å². The molecule has 16 heavy (non-hydrogen) atoms. The second-order valence-electron chi connectivity index (χ2n) is 2.74. The molecule has 0 radical (unpaired) electrons. The van der Waals surface area contributed by atoms with Gasteiger partial charge in [-0.2, -0.15) is 10.7 Å². The summed E-state index contributed by atoms with van der Waals surface area (Å²) in [7, 11) is 0. The highest BCUT2D eigenvalue weighted by molar-refractivity contribution is 5.62. The average molecular weight is 222 g/mol. The third-order valence-electron chi connectivity index (χ3n) is 1.60. The molecule has 0 saturated heterocycles. The number of rotatable bonds is 5. The minimum atomic E-state index is -1.25. The van der Waals surface area contributed by atoms with E-state index in [0.29, 0.717) is 11.3 Å². The van der Waals surface area contributed by atoms with E-state index in [9.17, 15) is 4.79 Å². The van der Waals surface area contributed by atoms with Gasteiger partial charge in [-0.1, -0.05) is 0 Å². The number of hydrogen-bond donors (Lipinski definition) is 2. The zero-order valence-electron chi connectivity index (χ0n) is 8.34. The highest BCUT2D eigenvalue weighted by Gasteiger charge is 1.96. The van der Waals surface area contributed by atoms with Crippen molar-refractivity contribution in [2.45, 2.75) is 0 Å². The molecule has 1 aromatic carbocycles. The van der Waals surface area contributed by atoms with Gasteiger partial charge in [-0.15, -0.1) is 0 Å². The van der Waals surface area contributed by atoms with E-state index >= 15 is 0 Å². The first kappa shape index (κ1) is 11.8. The number of nitrogens with one attached hydrogen (secondary N) is 1. The molecule has 1 rings (SSSR count). The van der Waals surface area contributed by atoms with Gasteiger partial charge in [0.2, 0.25) is 0 Å². The molecule has 0 saturated carbocycles. The second-order valence-corrected chi connectivity index (χ2v) is 2.74. The normalized spacial score (nSPS) is 9.19. The molecule has 0 aromatic heterocycles. The van der Waals surface area contributed by atoms with Gasteiger partial charge in [0, 0.05) is 0 Å². The Hall–Kier alpha value is -2.26. The summed E-state index contributed by atoms with van der Waals surface area (Å²) < 4.78 is 5.22. The Morgan fingerprint density at radius 3 is 2.62 bits per heavy atom. The van der Waals surface area contributed by atoms with Gasteiger partial charge in [0.1, 0.15) is 19.0 Å². The van der Waals surface area contributed by atoms with E-state index in [1.165, 1.54) is 0 Å². The van der Waals surface area contributed by atoms with Crippen molar-refractivity contribution >= 4 is 6.09 Å². The number of carboxylic acid groups (broad SMARTS) is 1. The van der Waals surface area contributed by atoms with Crippen LogP contribution in [-0.4, -0.2) is 24.4 Å². The molecule has 6 nitrogen and oxygen atoms in total. The third kappa shape index (κ3) is 4.30.